The Morgan fingerprint density at radius 3 is 2.67 bits per heavy atom. The highest BCUT2D eigenvalue weighted by Crippen LogP contribution is 2.23. The third-order valence-corrected chi connectivity index (χ3v) is 7.42. The number of amides is 1. The van der Waals surface area contributed by atoms with Crippen molar-refractivity contribution < 1.29 is 18.1 Å². The van der Waals surface area contributed by atoms with Crippen molar-refractivity contribution in [2.24, 2.45) is 0 Å². The summed E-state index contributed by atoms with van der Waals surface area (Å²) in [5, 5.41) is 24.9. The molecule has 0 bridgehead atoms. The van der Waals surface area contributed by atoms with Crippen LogP contribution in [0.4, 0.5) is 10.7 Å². The summed E-state index contributed by atoms with van der Waals surface area (Å²) >= 11 is 1.28. The Balaban J connectivity index is 1.52. The van der Waals surface area contributed by atoms with Crippen LogP contribution in [0.15, 0.2) is 40.6 Å². The van der Waals surface area contributed by atoms with Gasteiger partial charge in [-0.15, -0.1) is 11.3 Å². The van der Waals surface area contributed by atoms with E-state index in [-0.39, 0.29) is 36.0 Å². The predicted octanol–water partition coefficient (Wildman–Crippen LogP) is 1.86. The van der Waals surface area contributed by atoms with Crippen LogP contribution in [0.5, 0.6) is 0 Å². The smallest absolute Gasteiger partial charge is 0.270 e. The van der Waals surface area contributed by atoms with Gasteiger partial charge in [0.2, 0.25) is 15.9 Å². The van der Waals surface area contributed by atoms with Crippen molar-refractivity contribution >= 4 is 38.0 Å². The molecule has 10 nitrogen and oxygen atoms in total. The molecule has 0 unspecified atom stereocenters. The summed E-state index contributed by atoms with van der Waals surface area (Å²) in [6.07, 6.45) is 0.223. The number of nitro benzene ring substituents is 1. The summed E-state index contributed by atoms with van der Waals surface area (Å²) in [6, 6.07) is 8.66. The average Bonchev–Trinajstić information content (AvgIpc) is 3.19. The quantitative estimate of drug-likeness (QED) is 0.503. The number of nitriles is 1. The largest absolute Gasteiger partial charge is 0.317 e. The fraction of sp³-hybridized carbons (Fsp3) is 0.333. The van der Waals surface area contributed by atoms with Crippen LogP contribution in [0, 0.1) is 21.4 Å². The fourth-order valence-electron chi connectivity index (χ4n) is 3.04. The van der Waals surface area contributed by atoms with Crippen molar-refractivity contribution in [3.63, 3.8) is 0 Å². The monoisotopic (exact) mass is 449 g/mol. The van der Waals surface area contributed by atoms with Crippen LogP contribution in [0.25, 0.3) is 0 Å². The Kier molecular flexibility index (Phi) is 6.78. The molecular weight excluding hydrogens is 430 g/mol. The maximum absolute atomic E-state index is 12.8. The highest BCUT2D eigenvalue weighted by atomic mass is 32.2. The Labute approximate surface area is 177 Å². The number of sulfonamides is 1. The van der Waals surface area contributed by atoms with Crippen molar-refractivity contribution in [1.82, 2.24) is 9.21 Å². The van der Waals surface area contributed by atoms with E-state index in [9.17, 15) is 23.3 Å². The number of nitrogens with one attached hydrogen (secondary N) is 1. The molecule has 0 atom stereocenters. The molecule has 1 fully saturated rings. The van der Waals surface area contributed by atoms with E-state index in [0.29, 0.717) is 30.2 Å². The first-order valence-corrected chi connectivity index (χ1v) is 11.4. The summed E-state index contributed by atoms with van der Waals surface area (Å²) in [5.41, 5.74) is 0.152. The SMILES string of the molecule is N#Cc1ccsc1NC(=O)CCN1CCN(S(=O)(=O)c2cccc([N+](=O)[O-])c2)CC1. The lowest BCUT2D eigenvalue weighted by atomic mass is 10.3. The number of nitro groups is 1. The number of hydrogen-bond acceptors (Lipinski definition) is 8. The van der Waals surface area contributed by atoms with Crippen LogP contribution >= 0.6 is 11.3 Å². The lowest BCUT2D eigenvalue weighted by Gasteiger charge is -2.33. The van der Waals surface area contributed by atoms with Gasteiger partial charge in [-0.25, -0.2) is 8.42 Å². The van der Waals surface area contributed by atoms with E-state index >= 15 is 0 Å². The van der Waals surface area contributed by atoms with E-state index in [2.05, 4.69) is 5.32 Å². The molecule has 1 aromatic heterocycles. The number of hydrogen-bond donors (Lipinski definition) is 1. The number of rotatable bonds is 7. The van der Waals surface area contributed by atoms with Crippen LogP contribution < -0.4 is 5.32 Å². The van der Waals surface area contributed by atoms with E-state index < -0.39 is 14.9 Å². The molecule has 2 heterocycles. The molecule has 0 saturated carbocycles. The molecular formula is C18H19N5O5S2. The number of anilines is 1. The Morgan fingerprint density at radius 2 is 2.00 bits per heavy atom. The molecule has 1 amide bonds. The first-order valence-electron chi connectivity index (χ1n) is 9.05. The number of thiophene rings is 1. The van der Waals surface area contributed by atoms with Gasteiger partial charge in [-0.05, 0) is 17.5 Å². The van der Waals surface area contributed by atoms with Crippen molar-refractivity contribution in [2.45, 2.75) is 11.3 Å². The van der Waals surface area contributed by atoms with E-state index in [1.165, 1.54) is 33.8 Å². The maximum atomic E-state index is 12.8. The normalized spacial score (nSPS) is 15.4. The molecule has 1 aromatic carbocycles. The average molecular weight is 450 g/mol. The molecule has 1 aliphatic rings. The van der Waals surface area contributed by atoms with Crippen molar-refractivity contribution in [1.29, 1.82) is 5.26 Å². The van der Waals surface area contributed by atoms with Gasteiger partial charge in [-0.3, -0.25) is 14.9 Å². The summed E-state index contributed by atoms with van der Waals surface area (Å²) in [5.74, 6) is -0.208. The van der Waals surface area contributed by atoms with E-state index in [1.807, 2.05) is 11.0 Å². The van der Waals surface area contributed by atoms with Crippen molar-refractivity contribution in [3.05, 3.63) is 51.4 Å². The van der Waals surface area contributed by atoms with Gasteiger partial charge in [0, 0.05) is 51.3 Å². The zero-order chi connectivity index (χ0) is 21.7. The summed E-state index contributed by atoms with van der Waals surface area (Å²) in [6.45, 7) is 1.82. The van der Waals surface area contributed by atoms with E-state index in [1.54, 1.807) is 11.4 Å². The molecule has 12 heteroatoms. The lowest BCUT2D eigenvalue weighted by molar-refractivity contribution is -0.385. The molecule has 1 N–H and O–H groups in total. The third-order valence-electron chi connectivity index (χ3n) is 4.69. The second kappa shape index (κ2) is 9.31. The first kappa shape index (κ1) is 21.8. The Hall–Kier alpha value is -2.85. The number of non-ortho nitro benzene ring substituents is 1. The van der Waals surface area contributed by atoms with Gasteiger partial charge in [-0.1, -0.05) is 6.07 Å². The molecule has 1 saturated heterocycles. The van der Waals surface area contributed by atoms with Gasteiger partial charge < -0.3 is 10.2 Å². The van der Waals surface area contributed by atoms with Crippen LogP contribution in [0.2, 0.25) is 0 Å². The van der Waals surface area contributed by atoms with Crippen molar-refractivity contribution in [3.8, 4) is 6.07 Å². The first-order chi connectivity index (χ1) is 14.3. The lowest BCUT2D eigenvalue weighted by Crippen LogP contribution is -2.49. The number of piperazine rings is 1. The van der Waals surface area contributed by atoms with Gasteiger partial charge in [0.15, 0.2) is 0 Å². The van der Waals surface area contributed by atoms with Gasteiger partial charge >= 0.3 is 0 Å². The molecule has 1 aliphatic heterocycles. The van der Waals surface area contributed by atoms with Gasteiger partial charge in [0.25, 0.3) is 5.69 Å². The standard InChI is InChI=1S/C18H19N5O5S2/c19-13-14-5-11-29-18(14)20-17(24)4-6-21-7-9-22(10-8-21)30(27,28)16-3-1-2-15(12-16)23(25)26/h1-3,5,11-12H,4,6-10H2,(H,20,24). The van der Waals surface area contributed by atoms with E-state index in [0.717, 1.165) is 6.07 Å². The number of nitrogens with zero attached hydrogens (tertiary/aromatic N) is 4. The second-order valence-electron chi connectivity index (χ2n) is 6.57. The minimum Gasteiger partial charge on any atom is -0.317 e. The maximum Gasteiger partial charge on any atom is 0.270 e. The summed E-state index contributed by atoms with van der Waals surface area (Å²) in [7, 11) is -3.82. The van der Waals surface area contributed by atoms with Gasteiger partial charge in [0.05, 0.1) is 15.4 Å². The Bertz CT molecular complexity index is 1080. The number of carbonyl (C=O) groups excluding carboxylic acids is 1. The molecule has 158 valence electrons. The molecule has 3 rings (SSSR count). The molecule has 0 radical (unpaired) electrons. The van der Waals surface area contributed by atoms with Crippen LogP contribution in [0.1, 0.15) is 12.0 Å². The van der Waals surface area contributed by atoms with Gasteiger partial charge in [-0.2, -0.15) is 9.57 Å². The number of carbonyl (C=O) groups is 1. The minimum atomic E-state index is -3.82. The second-order valence-corrected chi connectivity index (χ2v) is 9.43. The molecule has 30 heavy (non-hydrogen) atoms. The van der Waals surface area contributed by atoms with Gasteiger partial charge in [0.1, 0.15) is 11.1 Å². The third kappa shape index (κ3) is 5.00. The van der Waals surface area contributed by atoms with E-state index in [4.69, 9.17) is 5.26 Å². The van der Waals surface area contributed by atoms with Crippen LogP contribution in [0.3, 0.4) is 0 Å². The zero-order valence-electron chi connectivity index (χ0n) is 15.9. The Morgan fingerprint density at radius 1 is 1.27 bits per heavy atom. The molecule has 2 aromatic rings. The fourth-order valence-corrected chi connectivity index (χ4v) is 5.26. The number of benzene rings is 1. The predicted molar refractivity (Wildman–Crippen MR) is 111 cm³/mol. The summed E-state index contributed by atoms with van der Waals surface area (Å²) in [4.78, 5) is 24.3. The minimum absolute atomic E-state index is 0.103. The van der Waals surface area contributed by atoms with Crippen molar-refractivity contribution in [2.75, 3.05) is 38.0 Å². The van der Waals surface area contributed by atoms with Crippen LogP contribution in [-0.2, 0) is 14.8 Å². The molecule has 0 aliphatic carbocycles. The highest BCUT2D eigenvalue weighted by molar-refractivity contribution is 7.89. The summed E-state index contributed by atoms with van der Waals surface area (Å²) < 4.78 is 26.8. The molecule has 0 spiro atoms. The highest BCUT2D eigenvalue weighted by Gasteiger charge is 2.29. The zero-order valence-corrected chi connectivity index (χ0v) is 17.5. The van der Waals surface area contributed by atoms with Crippen LogP contribution in [-0.4, -0.2) is 61.2 Å². The topological polar surface area (TPSA) is 137 Å².